The van der Waals surface area contributed by atoms with E-state index < -0.39 is 83.8 Å². The van der Waals surface area contributed by atoms with E-state index in [1.54, 1.807) is 13.8 Å². The number of rotatable bonds is 17. The van der Waals surface area contributed by atoms with Crippen LogP contribution in [0.25, 0.3) is 0 Å². The van der Waals surface area contributed by atoms with Crippen molar-refractivity contribution in [2.24, 2.45) is 17.4 Å². The second-order valence-corrected chi connectivity index (χ2v) is 11.2. The summed E-state index contributed by atoms with van der Waals surface area (Å²) in [4.78, 5) is 77.4. The summed E-state index contributed by atoms with van der Waals surface area (Å²) in [6, 6.07) is -6.63. The van der Waals surface area contributed by atoms with Gasteiger partial charge in [0.1, 0.15) is 30.2 Å². The van der Waals surface area contributed by atoms with Crippen LogP contribution in [0.4, 0.5) is 0 Å². The Bertz CT molecular complexity index is 967. The van der Waals surface area contributed by atoms with Gasteiger partial charge in [-0.3, -0.25) is 24.0 Å². The Hall–Kier alpha value is -2.95. The van der Waals surface area contributed by atoms with E-state index in [0.29, 0.717) is 32.2 Å². The van der Waals surface area contributed by atoms with Crippen LogP contribution < -0.4 is 32.7 Å². The molecule has 1 saturated heterocycles. The molecule has 0 unspecified atom stereocenters. The van der Waals surface area contributed by atoms with Crippen LogP contribution in [0.3, 0.4) is 0 Å². The molecule has 0 aromatic carbocycles. The average Bonchev–Trinajstić information content (AvgIpc) is 3.42. The third-order valence-electron chi connectivity index (χ3n) is 6.97. The number of carbonyl (C=O) groups excluding carboxylic acids is 5. The number of amides is 5. The molecule has 0 bridgehead atoms. The summed E-state index contributed by atoms with van der Waals surface area (Å²) < 4.78 is 0. The van der Waals surface area contributed by atoms with E-state index >= 15 is 0 Å². The second-order valence-electron chi connectivity index (χ2n) is 10.9. The van der Waals surface area contributed by atoms with Gasteiger partial charge in [0.15, 0.2) is 0 Å². The Labute approximate surface area is 251 Å². The van der Waals surface area contributed by atoms with E-state index in [1.807, 2.05) is 0 Å². The second kappa shape index (κ2) is 17.9. The zero-order valence-corrected chi connectivity index (χ0v) is 25.6. The fraction of sp³-hybridized carbons (Fsp3) is 0.769. The van der Waals surface area contributed by atoms with Gasteiger partial charge in [-0.2, -0.15) is 12.6 Å². The lowest BCUT2D eigenvalue weighted by Gasteiger charge is -2.30. The zero-order chi connectivity index (χ0) is 32.1. The summed E-state index contributed by atoms with van der Waals surface area (Å²) in [5.74, 6) is -4.96. The van der Waals surface area contributed by atoms with E-state index in [0.717, 1.165) is 0 Å². The average molecular weight is 618 g/mol. The molecule has 1 rings (SSSR count). The zero-order valence-electron chi connectivity index (χ0n) is 24.7. The number of nitrogens with one attached hydrogen (secondary N) is 4. The van der Waals surface area contributed by atoms with Gasteiger partial charge in [-0.05, 0) is 58.4 Å². The van der Waals surface area contributed by atoms with Crippen LogP contribution in [0.5, 0.6) is 0 Å². The Morgan fingerprint density at radius 3 is 2.05 bits per heavy atom. The summed E-state index contributed by atoms with van der Waals surface area (Å²) in [7, 11) is 0. The first kappa shape index (κ1) is 37.1. The summed E-state index contributed by atoms with van der Waals surface area (Å²) in [6.07, 6.45) is 0.879. The molecular weight excluding hydrogens is 570 g/mol. The topological polar surface area (TPSA) is 246 Å². The molecule has 1 fully saturated rings. The number of aliphatic carboxylic acids is 1. The van der Waals surface area contributed by atoms with Crippen LogP contribution >= 0.6 is 12.6 Å². The Morgan fingerprint density at radius 1 is 0.929 bits per heavy atom. The number of nitrogens with zero attached hydrogens (tertiary/aromatic N) is 1. The lowest BCUT2D eigenvalue weighted by Crippen LogP contribution is -2.61. The highest BCUT2D eigenvalue weighted by Gasteiger charge is 2.39. The van der Waals surface area contributed by atoms with E-state index in [1.165, 1.54) is 18.7 Å². The highest BCUT2D eigenvalue weighted by molar-refractivity contribution is 7.80. The molecular formula is C26H47N7O8S. The highest BCUT2D eigenvalue weighted by atomic mass is 32.1. The molecule has 0 aromatic rings. The number of carboxylic acid groups (broad SMARTS) is 1. The fourth-order valence-electron chi connectivity index (χ4n) is 4.46. The lowest BCUT2D eigenvalue weighted by atomic mass is 10.0. The Morgan fingerprint density at radius 2 is 1.52 bits per heavy atom. The highest BCUT2D eigenvalue weighted by Crippen LogP contribution is 2.19. The molecule has 0 aromatic heterocycles. The number of aliphatic hydroxyl groups is 1. The lowest BCUT2D eigenvalue weighted by molar-refractivity contribution is -0.145. The van der Waals surface area contributed by atoms with Crippen molar-refractivity contribution in [3.63, 3.8) is 0 Å². The molecule has 0 aliphatic carbocycles. The smallest absolute Gasteiger partial charge is 0.326 e. The Kier molecular flexibility index (Phi) is 15.8. The molecule has 0 saturated carbocycles. The third-order valence-corrected chi connectivity index (χ3v) is 7.37. The first-order chi connectivity index (χ1) is 19.7. The van der Waals surface area contributed by atoms with Gasteiger partial charge in [-0.1, -0.05) is 13.8 Å². The van der Waals surface area contributed by atoms with Crippen molar-refractivity contribution in [3.8, 4) is 0 Å². The van der Waals surface area contributed by atoms with Gasteiger partial charge in [0.25, 0.3) is 0 Å². The molecule has 1 heterocycles. The van der Waals surface area contributed by atoms with Crippen molar-refractivity contribution in [2.45, 2.75) is 102 Å². The molecule has 0 spiro atoms. The third kappa shape index (κ3) is 11.0. The predicted octanol–water partition coefficient (Wildman–Crippen LogP) is -2.56. The number of carboxylic acids is 1. The van der Waals surface area contributed by atoms with Gasteiger partial charge < -0.3 is 47.8 Å². The van der Waals surface area contributed by atoms with Crippen molar-refractivity contribution in [1.29, 1.82) is 0 Å². The van der Waals surface area contributed by atoms with Crippen LogP contribution in [0.15, 0.2) is 0 Å². The minimum absolute atomic E-state index is 0.0113. The van der Waals surface area contributed by atoms with Crippen LogP contribution in [-0.4, -0.2) is 112 Å². The molecule has 1 aliphatic heterocycles. The molecule has 1 aliphatic rings. The fourth-order valence-corrected chi connectivity index (χ4v) is 4.63. The first-order valence-electron chi connectivity index (χ1n) is 14.1. The maximum Gasteiger partial charge on any atom is 0.326 e. The number of unbranched alkanes of at least 4 members (excludes halogenated alkanes) is 1. The van der Waals surface area contributed by atoms with Crippen molar-refractivity contribution in [3.05, 3.63) is 0 Å². The number of aliphatic hydroxyl groups excluding tert-OH is 1. The summed E-state index contributed by atoms with van der Waals surface area (Å²) >= 11 is 3.94. The molecule has 240 valence electrons. The number of likely N-dealkylation sites (tertiary alicyclic amines) is 1. The minimum atomic E-state index is -1.40. The number of nitrogens with two attached hydrogens (primary N) is 2. The summed E-state index contributed by atoms with van der Waals surface area (Å²) in [5, 5.41) is 29.5. The van der Waals surface area contributed by atoms with E-state index in [-0.39, 0.29) is 18.7 Å². The van der Waals surface area contributed by atoms with E-state index in [4.69, 9.17) is 11.5 Å². The van der Waals surface area contributed by atoms with Gasteiger partial charge in [0.05, 0.1) is 12.1 Å². The Balaban J connectivity index is 2.91. The van der Waals surface area contributed by atoms with E-state index in [9.17, 15) is 39.0 Å². The predicted molar refractivity (Wildman–Crippen MR) is 157 cm³/mol. The van der Waals surface area contributed by atoms with Crippen molar-refractivity contribution >= 4 is 48.1 Å². The van der Waals surface area contributed by atoms with Crippen molar-refractivity contribution in [2.75, 3.05) is 18.8 Å². The van der Waals surface area contributed by atoms with Crippen LogP contribution in [0, 0.1) is 5.92 Å². The molecule has 42 heavy (non-hydrogen) atoms. The van der Waals surface area contributed by atoms with Crippen LogP contribution in [0.1, 0.15) is 59.8 Å². The van der Waals surface area contributed by atoms with Gasteiger partial charge in [0, 0.05) is 12.3 Å². The molecule has 0 radical (unpaired) electrons. The molecule has 7 atom stereocenters. The van der Waals surface area contributed by atoms with Crippen LogP contribution in [0.2, 0.25) is 0 Å². The van der Waals surface area contributed by atoms with Gasteiger partial charge in [0.2, 0.25) is 29.5 Å². The van der Waals surface area contributed by atoms with Crippen molar-refractivity contribution < 1.29 is 39.0 Å². The largest absolute Gasteiger partial charge is 0.480 e. The number of hydrogen-bond donors (Lipinski definition) is 9. The molecule has 5 amide bonds. The quantitative estimate of drug-likeness (QED) is 0.0610. The van der Waals surface area contributed by atoms with Crippen LogP contribution in [-0.2, 0) is 28.8 Å². The molecule has 16 heteroatoms. The van der Waals surface area contributed by atoms with E-state index in [2.05, 4.69) is 33.9 Å². The van der Waals surface area contributed by atoms with Gasteiger partial charge in [-0.25, -0.2) is 4.79 Å². The number of hydrogen-bond acceptors (Lipinski definition) is 10. The normalized spacial score (nSPS) is 19.2. The number of carbonyl (C=O) groups is 6. The monoisotopic (exact) mass is 617 g/mol. The maximum atomic E-state index is 13.3. The minimum Gasteiger partial charge on any atom is -0.480 e. The number of thiol groups is 1. The van der Waals surface area contributed by atoms with Crippen molar-refractivity contribution in [1.82, 2.24) is 26.2 Å². The summed E-state index contributed by atoms with van der Waals surface area (Å²) in [6.45, 7) is 6.71. The SMILES string of the molecule is CC(C)[C@H](NC(=O)[C@@H](NC(=O)[C@@H](N)CS)[C@@H](C)O)C(=O)N[C@@H](C)C(=O)N1CCC[C@H]1C(=O)N[C@@H](CCCCN)C(=O)O. The first-order valence-corrected chi connectivity index (χ1v) is 14.8. The standard InChI is InChI=1S/C26H47N7O8S/c1-13(2)19(31-24(38)20(15(4)34)32-21(35)16(28)12-42)23(37)29-14(3)25(39)33-11-7-9-18(33)22(36)30-17(26(40)41)8-5-6-10-27/h13-20,34,42H,5-12,27-28H2,1-4H3,(H,29,37)(H,30,36)(H,31,38)(H,32,35)(H,40,41)/t14-,15+,16-,17-,18-,19-,20-/m0/s1. The van der Waals surface area contributed by atoms with Gasteiger partial charge in [-0.15, -0.1) is 0 Å². The molecule has 15 nitrogen and oxygen atoms in total. The summed E-state index contributed by atoms with van der Waals surface area (Å²) in [5.41, 5.74) is 11.1. The molecule has 10 N–H and O–H groups in total. The maximum absolute atomic E-state index is 13.3. The van der Waals surface area contributed by atoms with Gasteiger partial charge >= 0.3 is 5.97 Å².